The van der Waals surface area contributed by atoms with E-state index in [1.165, 1.54) is 49.0 Å². The number of para-hydroxylation sites is 2. The Labute approximate surface area is 299 Å². The minimum atomic E-state index is 1.10. The summed E-state index contributed by atoms with van der Waals surface area (Å²) in [4.78, 5) is 2.32. The Balaban J connectivity index is 1.14. The van der Waals surface area contributed by atoms with Crippen LogP contribution in [0.5, 0.6) is 0 Å². The smallest absolute Gasteiger partial charge is 0.0468 e. The zero-order valence-corrected chi connectivity index (χ0v) is 28.2. The topological polar surface area (TPSA) is 3.24 Å². The van der Waals surface area contributed by atoms with E-state index in [2.05, 4.69) is 217 Å². The van der Waals surface area contributed by atoms with Gasteiger partial charge in [-0.2, -0.15) is 0 Å². The van der Waals surface area contributed by atoms with Crippen molar-refractivity contribution >= 4 is 73.7 Å². The average molecular weight is 650 g/mol. The van der Waals surface area contributed by atoms with E-state index in [4.69, 9.17) is 0 Å². The zero-order chi connectivity index (χ0) is 34.0. The predicted molar refractivity (Wildman–Crippen MR) is 221 cm³/mol. The molecule has 0 unspecified atom stereocenters. The molecule has 9 aromatic rings. The monoisotopic (exact) mass is 649 g/mol. The minimum Gasteiger partial charge on any atom is -0.310 e. The van der Waals surface area contributed by atoms with Crippen molar-refractivity contribution in [1.82, 2.24) is 0 Å². The summed E-state index contributed by atoms with van der Waals surface area (Å²) >= 11 is 0. The van der Waals surface area contributed by atoms with E-state index in [0.29, 0.717) is 0 Å². The molecule has 0 bridgehead atoms. The molecule has 0 aromatic heterocycles. The molecule has 1 heteroatoms. The first-order chi connectivity index (χ1) is 25.3. The van der Waals surface area contributed by atoms with Crippen molar-refractivity contribution in [3.05, 3.63) is 210 Å². The number of anilines is 3. The molecule has 51 heavy (non-hydrogen) atoms. The molecule has 0 aliphatic carbocycles. The molecule has 1 nitrogen and oxygen atoms in total. The van der Waals surface area contributed by atoms with Crippen LogP contribution in [0, 0.1) is 0 Å². The number of hydrogen-bond acceptors (Lipinski definition) is 1. The Morgan fingerprint density at radius 3 is 1.53 bits per heavy atom. The Bertz CT molecular complexity index is 2600. The van der Waals surface area contributed by atoms with E-state index in [0.717, 1.165) is 33.8 Å². The van der Waals surface area contributed by atoms with Gasteiger partial charge in [-0.15, -0.1) is 0 Å². The molecule has 0 aliphatic rings. The van der Waals surface area contributed by atoms with Crippen LogP contribution in [-0.4, -0.2) is 0 Å². The van der Waals surface area contributed by atoms with Gasteiger partial charge in [0.2, 0.25) is 0 Å². The lowest BCUT2D eigenvalue weighted by Gasteiger charge is -2.26. The van der Waals surface area contributed by atoms with E-state index >= 15 is 0 Å². The van der Waals surface area contributed by atoms with Crippen LogP contribution in [0.4, 0.5) is 17.1 Å². The lowest BCUT2D eigenvalue weighted by molar-refractivity contribution is 1.28. The van der Waals surface area contributed by atoms with Gasteiger partial charge >= 0.3 is 0 Å². The van der Waals surface area contributed by atoms with Crippen molar-refractivity contribution in [3.63, 3.8) is 0 Å². The van der Waals surface area contributed by atoms with E-state index in [1.54, 1.807) is 0 Å². The molecule has 9 aromatic carbocycles. The molecule has 9 rings (SSSR count). The molecule has 0 saturated carbocycles. The average Bonchev–Trinajstić information content (AvgIpc) is 3.20. The molecular weight excluding hydrogens is 615 g/mol. The Hall–Kier alpha value is -6.70. The number of benzene rings is 9. The van der Waals surface area contributed by atoms with Crippen LogP contribution in [0.1, 0.15) is 22.3 Å². The second kappa shape index (κ2) is 13.3. The normalized spacial score (nSPS) is 11.8. The van der Waals surface area contributed by atoms with Crippen molar-refractivity contribution in [2.24, 2.45) is 0 Å². The van der Waals surface area contributed by atoms with Gasteiger partial charge in [0.1, 0.15) is 0 Å². The maximum Gasteiger partial charge on any atom is 0.0468 e. The third-order valence-electron chi connectivity index (χ3n) is 9.84. The molecule has 0 amide bonds. The highest BCUT2D eigenvalue weighted by Crippen LogP contribution is 2.38. The second-order valence-electron chi connectivity index (χ2n) is 13.0. The highest BCUT2D eigenvalue weighted by Gasteiger charge is 2.14. The van der Waals surface area contributed by atoms with Crippen molar-refractivity contribution < 1.29 is 0 Å². The highest BCUT2D eigenvalue weighted by atomic mass is 15.1. The van der Waals surface area contributed by atoms with Crippen molar-refractivity contribution in [2.75, 3.05) is 4.90 Å². The van der Waals surface area contributed by atoms with Gasteiger partial charge in [-0.1, -0.05) is 176 Å². The summed E-state index contributed by atoms with van der Waals surface area (Å²) in [5, 5.41) is 7.81. The summed E-state index contributed by atoms with van der Waals surface area (Å²) in [6.07, 6.45) is 9.01. The fraction of sp³-hybridized carbons (Fsp3) is 0. The lowest BCUT2D eigenvalue weighted by Crippen LogP contribution is -2.10. The lowest BCUT2D eigenvalue weighted by atomic mass is 9.91. The first-order valence-corrected chi connectivity index (χ1v) is 17.5. The Morgan fingerprint density at radius 2 is 0.843 bits per heavy atom. The summed E-state index contributed by atoms with van der Waals surface area (Å²) < 4.78 is 0. The van der Waals surface area contributed by atoms with Crippen LogP contribution in [0.3, 0.4) is 0 Å². The molecule has 0 fully saturated rings. The van der Waals surface area contributed by atoms with Crippen LogP contribution in [0.2, 0.25) is 0 Å². The summed E-state index contributed by atoms with van der Waals surface area (Å²) in [5.41, 5.74) is 10.4. The van der Waals surface area contributed by atoms with E-state index in [1.807, 2.05) is 0 Å². The van der Waals surface area contributed by atoms with Gasteiger partial charge < -0.3 is 4.90 Å². The molecule has 0 N–H and O–H groups in total. The number of hydrogen-bond donors (Lipinski definition) is 0. The SMILES string of the molecule is C(=C\c1cc(N(c2ccccc2)c2ccccc2)ccc1/C=C/c1ccc2ccc3cccc4ccc1c2c34)/c1ccc(-c2ccccc2)cc1. The van der Waals surface area contributed by atoms with Gasteiger partial charge in [-0.3, -0.25) is 0 Å². The van der Waals surface area contributed by atoms with Gasteiger partial charge in [0.05, 0.1) is 0 Å². The second-order valence-corrected chi connectivity index (χ2v) is 13.0. The van der Waals surface area contributed by atoms with Gasteiger partial charge in [-0.05, 0) is 102 Å². The zero-order valence-electron chi connectivity index (χ0n) is 28.2. The van der Waals surface area contributed by atoms with Crippen LogP contribution in [-0.2, 0) is 0 Å². The molecule has 0 radical (unpaired) electrons. The minimum absolute atomic E-state index is 1.10. The first-order valence-electron chi connectivity index (χ1n) is 17.5. The quantitative estimate of drug-likeness (QED) is 0.117. The fourth-order valence-electron chi connectivity index (χ4n) is 7.28. The third-order valence-corrected chi connectivity index (χ3v) is 9.84. The summed E-state index contributed by atoms with van der Waals surface area (Å²) in [7, 11) is 0. The maximum atomic E-state index is 2.32. The van der Waals surface area contributed by atoms with Gasteiger partial charge in [-0.25, -0.2) is 0 Å². The van der Waals surface area contributed by atoms with Gasteiger partial charge in [0.15, 0.2) is 0 Å². The van der Waals surface area contributed by atoms with Crippen LogP contribution >= 0.6 is 0 Å². The Morgan fingerprint density at radius 1 is 0.314 bits per heavy atom. The van der Waals surface area contributed by atoms with Crippen LogP contribution in [0.25, 0.3) is 67.7 Å². The van der Waals surface area contributed by atoms with Crippen LogP contribution in [0.15, 0.2) is 188 Å². The van der Waals surface area contributed by atoms with E-state index < -0.39 is 0 Å². The Kier molecular flexibility index (Phi) is 7.92. The molecule has 240 valence electrons. The van der Waals surface area contributed by atoms with Gasteiger partial charge in [0.25, 0.3) is 0 Å². The third kappa shape index (κ3) is 5.96. The first kappa shape index (κ1) is 30.4. The largest absolute Gasteiger partial charge is 0.310 e. The maximum absolute atomic E-state index is 2.32. The molecule has 0 aliphatic heterocycles. The molecular formula is C50H35N. The van der Waals surface area contributed by atoms with Crippen LogP contribution < -0.4 is 4.90 Å². The number of nitrogens with zero attached hydrogens (tertiary/aromatic N) is 1. The van der Waals surface area contributed by atoms with Crippen molar-refractivity contribution in [3.8, 4) is 11.1 Å². The van der Waals surface area contributed by atoms with Gasteiger partial charge in [0, 0.05) is 17.1 Å². The molecule has 0 atom stereocenters. The molecule has 0 saturated heterocycles. The number of rotatable bonds is 8. The van der Waals surface area contributed by atoms with Crippen molar-refractivity contribution in [1.29, 1.82) is 0 Å². The van der Waals surface area contributed by atoms with E-state index in [9.17, 15) is 0 Å². The summed E-state index contributed by atoms with van der Waals surface area (Å²) in [5.74, 6) is 0. The molecule has 0 heterocycles. The standard InChI is InChI=1S/C50H35N/c1-4-11-37(12-5-1)38-22-19-36(20-23-38)21-24-44-35-47(51(45-15-6-2-7-16-45)46-17-8-3-9-18-46)33-31-39(44)25-26-40-27-28-43-30-29-41-13-10-14-42-32-34-48(40)50(43)49(41)42/h1-35H/b24-21+,26-25+. The van der Waals surface area contributed by atoms with Crippen molar-refractivity contribution in [2.45, 2.75) is 0 Å². The summed E-state index contributed by atoms with van der Waals surface area (Å²) in [6, 6.07) is 67.4. The predicted octanol–water partition coefficient (Wildman–Crippen LogP) is 14.1. The summed E-state index contributed by atoms with van der Waals surface area (Å²) in [6.45, 7) is 0. The molecule has 0 spiro atoms. The highest BCUT2D eigenvalue weighted by molar-refractivity contribution is 6.24. The fourth-order valence-corrected chi connectivity index (χ4v) is 7.28. The van der Waals surface area contributed by atoms with E-state index in [-0.39, 0.29) is 0 Å².